The molecule has 4 nitrogen and oxygen atoms in total. The first kappa shape index (κ1) is 12.1. The van der Waals surface area contributed by atoms with E-state index in [1.165, 1.54) is 0 Å². The van der Waals surface area contributed by atoms with Gasteiger partial charge < -0.3 is 11.1 Å². The summed E-state index contributed by atoms with van der Waals surface area (Å²) in [5.41, 5.74) is 8.00. The highest BCUT2D eigenvalue weighted by Crippen LogP contribution is 2.25. The molecular weight excluding hydrogens is 282 g/mol. The highest BCUT2D eigenvalue weighted by Gasteiger charge is 2.13. The van der Waals surface area contributed by atoms with E-state index in [0.717, 1.165) is 40.9 Å². The van der Waals surface area contributed by atoms with Crippen LogP contribution in [0.1, 0.15) is 21.5 Å². The van der Waals surface area contributed by atoms with E-state index in [2.05, 4.69) is 26.2 Å². The van der Waals surface area contributed by atoms with E-state index < -0.39 is 5.91 Å². The molecule has 1 amide bonds. The maximum atomic E-state index is 11.2. The highest BCUT2D eigenvalue weighted by molar-refractivity contribution is 9.10. The van der Waals surface area contributed by atoms with Gasteiger partial charge in [-0.15, -0.1) is 0 Å². The minimum absolute atomic E-state index is 0.414. The molecule has 1 aliphatic rings. The fraction of sp³-hybridized carbons (Fsp3) is 0.333. The Labute approximate surface area is 108 Å². The minimum Gasteiger partial charge on any atom is -0.372 e. The molecule has 0 saturated heterocycles. The molecule has 0 fully saturated rings. The van der Waals surface area contributed by atoms with E-state index in [-0.39, 0.29) is 0 Å². The zero-order valence-corrected chi connectivity index (χ0v) is 11.2. The lowest BCUT2D eigenvalue weighted by molar-refractivity contribution is 0.0999. The standard InChI is InChI=1S/C12H14BrN3O/c1-7-8(6-10-15-4-5-16-10)2-3-9(11(7)13)12(14)17/h2-3H,4-6H2,1H3,(H2,14,17)(H,15,16). The Morgan fingerprint density at radius 3 is 2.94 bits per heavy atom. The number of aliphatic imine (C=N–C) groups is 1. The predicted molar refractivity (Wildman–Crippen MR) is 71.4 cm³/mol. The van der Waals surface area contributed by atoms with Gasteiger partial charge in [0.1, 0.15) is 5.84 Å². The molecule has 90 valence electrons. The molecule has 17 heavy (non-hydrogen) atoms. The number of hydrogen-bond donors (Lipinski definition) is 2. The van der Waals surface area contributed by atoms with Crippen LogP contribution in [0.25, 0.3) is 0 Å². The van der Waals surface area contributed by atoms with E-state index in [0.29, 0.717) is 5.56 Å². The Morgan fingerprint density at radius 1 is 1.59 bits per heavy atom. The van der Waals surface area contributed by atoms with Crippen LogP contribution in [0, 0.1) is 6.92 Å². The third-order valence-electron chi connectivity index (χ3n) is 2.87. The first-order valence-corrected chi connectivity index (χ1v) is 6.24. The number of nitrogens with zero attached hydrogens (tertiary/aromatic N) is 1. The maximum Gasteiger partial charge on any atom is 0.249 e. The third kappa shape index (κ3) is 2.49. The molecule has 0 spiro atoms. The van der Waals surface area contributed by atoms with Gasteiger partial charge in [0.15, 0.2) is 0 Å². The molecule has 1 aromatic carbocycles. The summed E-state index contributed by atoms with van der Waals surface area (Å²) in [7, 11) is 0. The van der Waals surface area contributed by atoms with Crippen molar-refractivity contribution >= 4 is 27.7 Å². The van der Waals surface area contributed by atoms with E-state index in [9.17, 15) is 4.79 Å². The van der Waals surface area contributed by atoms with Crippen LogP contribution in [0.5, 0.6) is 0 Å². The van der Waals surface area contributed by atoms with Crippen LogP contribution in [0.2, 0.25) is 0 Å². The summed E-state index contributed by atoms with van der Waals surface area (Å²) in [6.45, 7) is 3.73. The average Bonchev–Trinajstić information content (AvgIpc) is 2.77. The van der Waals surface area contributed by atoms with Gasteiger partial charge in [-0.2, -0.15) is 0 Å². The molecule has 0 atom stereocenters. The van der Waals surface area contributed by atoms with Gasteiger partial charge in [-0.1, -0.05) is 6.07 Å². The van der Waals surface area contributed by atoms with Crippen molar-refractivity contribution in [3.05, 3.63) is 33.3 Å². The van der Waals surface area contributed by atoms with Gasteiger partial charge in [0.05, 0.1) is 12.1 Å². The van der Waals surface area contributed by atoms with Gasteiger partial charge in [0.25, 0.3) is 0 Å². The van der Waals surface area contributed by atoms with Gasteiger partial charge in [0, 0.05) is 17.4 Å². The average molecular weight is 296 g/mol. The molecule has 1 aliphatic heterocycles. The molecule has 5 heteroatoms. The van der Waals surface area contributed by atoms with Crippen molar-refractivity contribution in [3.8, 4) is 0 Å². The molecule has 1 aromatic rings. The number of amidine groups is 1. The SMILES string of the molecule is Cc1c(CC2=NCCN2)ccc(C(N)=O)c1Br. The van der Waals surface area contributed by atoms with E-state index in [1.54, 1.807) is 6.07 Å². The van der Waals surface area contributed by atoms with Crippen molar-refractivity contribution in [2.45, 2.75) is 13.3 Å². The molecule has 2 rings (SSSR count). The number of nitrogens with one attached hydrogen (secondary N) is 1. The summed E-state index contributed by atoms with van der Waals surface area (Å²) in [6, 6.07) is 3.69. The number of primary amides is 1. The second-order valence-corrected chi connectivity index (χ2v) is 4.80. The van der Waals surface area contributed by atoms with E-state index in [1.807, 2.05) is 13.0 Å². The zero-order chi connectivity index (χ0) is 12.4. The second kappa shape index (κ2) is 4.87. The van der Waals surface area contributed by atoms with Crippen molar-refractivity contribution < 1.29 is 4.79 Å². The van der Waals surface area contributed by atoms with Gasteiger partial charge in [0.2, 0.25) is 5.91 Å². The van der Waals surface area contributed by atoms with Crippen molar-refractivity contribution in [2.24, 2.45) is 10.7 Å². The summed E-state index contributed by atoms with van der Waals surface area (Å²) >= 11 is 3.42. The fourth-order valence-electron chi connectivity index (χ4n) is 1.85. The lowest BCUT2D eigenvalue weighted by atomic mass is 10.0. The van der Waals surface area contributed by atoms with Crippen molar-refractivity contribution in [1.82, 2.24) is 5.32 Å². The number of carbonyl (C=O) groups excluding carboxylic acids is 1. The highest BCUT2D eigenvalue weighted by atomic mass is 79.9. The van der Waals surface area contributed by atoms with Gasteiger partial charge >= 0.3 is 0 Å². The molecule has 0 saturated carbocycles. The van der Waals surface area contributed by atoms with Crippen LogP contribution in [0.15, 0.2) is 21.6 Å². The van der Waals surface area contributed by atoms with Gasteiger partial charge in [-0.25, -0.2) is 0 Å². The molecule has 0 bridgehead atoms. The number of amides is 1. The summed E-state index contributed by atoms with van der Waals surface area (Å²) in [6.07, 6.45) is 0.767. The molecule has 0 aliphatic carbocycles. The Kier molecular flexibility index (Phi) is 3.47. The number of nitrogens with two attached hydrogens (primary N) is 1. The lowest BCUT2D eigenvalue weighted by Crippen LogP contribution is -2.21. The van der Waals surface area contributed by atoms with Crippen molar-refractivity contribution in [1.29, 1.82) is 0 Å². The molecule has 1 heterocycles. The van der Waals surface area contributed by atoms with Crippen LogP contribution in [0.4, 0.5) is 0 Å². The molecule has 0 radical (unpaired) electrons. The molecule has 0 aromatic heterocycles. The van der Waals surface area contributed by atoms with E-state index >= 15 is 0 Å². The first-order chi connectivity index (χ1) is 8.09. The quantitative estimate of drug-likeness (QED) is 0.885. The largest absolute Gasteiger partial charge is 0.372 e. The molecular formula is C12H14BrN3O. The number of carbonyl (C=O) groups is 1. The Balaban J connectivity index is 2.30. The number of hydrogen-bond acceptors (Lipinski definition) is 3. The monoisotopic (exact) mass is 295 g/mol. The maximum absolute atomic E-state index is 11.2. The lowest BCUT2D eigenvalue weighted by Gasteiger charge is -2.10. The zero-order valence-electron chi connectivity index (χ0n) is 9.59. The molecule has 3 N–H and O–H groups in total. The minimum atomic E-state index is -0.414. The summed E-state index contributed by atoms with van der Waals surface area (Å²) in [5, 5.41) is 3.23. The van der Waals surface area contributed by atoms with Crippen LogP contribution < -0.4 is 11.1 Å². The fourth-order valence-corrected chi connectivity index (χ4v) is 2.43. The summed E-state index contributed by atoms with van der Waals surface area (Å²) in [5.74, 6) is 0.592. The number of benzene rings is 1. The number of halogens is 1. The smallest absolute Gasteiger partial charge is 0.249 e. The van der Waals surface area contributed by atoms with Crippen molar-refractivity contribution in [2.75, 3.05) is 13.1 Å². The Hall–Kier alpha value is -1.36. The Morgan fingerprint density at radius 2 is 2.35 bits per heavy atom. The van der Waals surface area contributed by atoms with Gasteiger partial charge in [-0.3, -0.25) is 9.79 Å². The number of rotatable bonds is 3. The first-order valence-electron chi connectivity index (χ1n) is 5.44. The normalized spacial score (nSPS) is 14.4. The second-order valence-electron chi connectivity index (χ2n) is 4.01. The van der Waals surface area contributed by atoms with Crippen LogP contribution in [0.3, 0.4) is 0 Å². The third-order valence-corrected chi connectivity index (χ3v) is 3.89. The summed E-state index contributed by atoms with van der Waals surface area (Å²) in [4.78, 5) is 15.5. The molecule has 0 unspecified atom stereocenters. The van der Waals surface area contributed by atoms with Crippen LogP contribution in [-0.4, -0.2) is 24.8 Å². The van der Waals surface area contributed by atoms with Gasteiger partial charge in [-0.05, 0) is 40.0 Å². The topological polar surface area (TPSA) is 67.5 Å². The summed E-state index contributed by atoms with van der Waals surface area (Å²) < 4.78 is 0.779. The predicted octanol–water partition coefficient (Wildman–Crippen LogP) is 1.40. The van der Waals surface area contributed by atoms with Crippen LogP contribution >= 0.6 is 15.9 Å². The van der Waals surface area contributed by atoms with E-state index in [4.69, 9.17) is 5.73 Å². The Bertz CT molecular complexity index is 497. The van der Waals surface area contributed by atoms with Crippen molar-refractivity contribution in [3.63, 3.8) is 0 Å². The van der Waals surface area contributed by atoms with Crippen LogP contribution in [-0.2, 0) is 6.42 Å².